The van der Waals surface area contributed by atoms with E-state index in [1.54, 1.807) is 12.1 Å². The number of methoxy groups -OCH3 is 1. The van der Waals surface area contributed by atoms with Crippen LogP contribution in [-0.4, -0.2) is 45.5 Å². The van der Waals surface area contributed by atoms with Crippen molar-refractivity contribution in [3.05, 3.63) is 102 Å². The molecule has 0 aliphatic rings. The number of para-hydroxylation sites is 1. The molecule has 2 aromatic carbocycles. The van der Waals surface area contributed by atoms with Gasteiger partial charge >= 0.3 is 11.4 Å². The van der Waals surface area contributed by atoms with Crippen LogP contribution in [0, 0.1) is 30.3 Å². The third-order valence-electron chi connectivity index (χ3n) is 5.19. The van der Waals surface area contributed by atoms with E-state index in [0.717, 1.165) is 12.1 Å². The number of amides is 1. The van der Waals surface area contributed by atoms with Crippen molar-refractivity contribution in [2.45, 2.75) is 12.5 Å². The molecule has 0 radical (unpaired) electrons. The second-order valence-corrected chi connectivity index (χ2v) is 7.48. The lowest BCUT2D eigenvalue weighted by Gasteiger charge is -2.16. The smallest absolute Gasteiger partial charge is 0.347 e. The molecule has 0 saturated carbocycles. The van der Waals surface area contributed by atoms with Crippen LogP contribution < -0.4 is 14.6 Å². The maximum atomic E-state index is 12.8. The van der Waals surface area contributed by atoms with E-state index in [0.29, 0.717) is 5.56 Å². The summed E-state index contributed by atoms with van der Waals surface area (Å²) in [6.07, 6.45) is 3.09. The first-order valence-electron chi connectivity index (χ1n) is 10.3. The van der Waals surface area contributed by atoms with Gasteiger partial charge in [-0.3, -0.25) is 35.1 Å². The highest BCUT2D eigenvalue weighted by Gasteiger charge is 2.28. The molecule has 0 bridgehead atoms. The van der Waals surface area contributed by atoms with Crippen molar-refractivity contribution in [3.63, 3.8) is 0 Å². The summed E-state index contributed by atoms with van der Waals surface area (Å²) in [6.45, 7) is -0.504. The van der Waals surface area contributed by atoms with Crippen molar-refractivity contribution in [2.24, 2.45) is 0 Å². The second kappa shape index (κ2) is 11.0. The summed E-state index contributed by atoms with van der Waals surface area (Å²) < 4.78 is 6.36. The van der Waals surface area contributed by atoms with Crippen LogP contribution >= 0.6 is 0 Å². The molecule has 0 saturated heterocycles. The fourth-order valence-corrected chi connectivity index (χ4v) is 3.55. The van der Waals surface area contributed by atoms with E-state index in [2.05, 4.69) is 5.32 Å². The SMILES string of the molecule is COc1cccc(C(=O)N[C@H](CO)Cc2ccc[n+](-c3ccc([N+](=O)[O-])cc3[N+](=O)[O-])c2)c1[N+](=O)[O-]. The fourth-order valence-electron chi connectivity index (χ4n) is 3.55. The Bertz CT molecular complexity index is 1350. The van der Waals surface area contributed by atoms with Crippen molar-refractivity contribution in [1.29, 1.82) is 0 Å². The Morgan fingerprint density at radius 3 is 2.42 bits per heavy atom. The highest BCUT2D eigenvalue weighted by Crippen LogP contribution is 2.30. The number of nitro benzene ring substituents is 3. The number of ether oxygens (including phenoxy) is 1. The van der Waals surface area contributed by atoms with Crippen LogP contribution in [-0.2, 0) is 6.42 Å². The zero-order valence-electron chi connectivity index (χ0n) is 18.8. The van der Waals surface area contributed by atoms with Crippen LogP contribution in [0.1, 0.15) is 15.9 Å². The minimum atomic E-state index is -0.856. The van der Waals surface area contributed by atoms with Gasteiger partial charge in [0, 0.05) is 30.2 Å². The molecule has 1 aromatic heterocycles. The zero-order chi connectivity index (χ0) is 26.4. The Morgan fingerprint density at radius 2 is 1.81 bits per heavy atom. The molecular weight excluding hydrogens is 478 g/mol. The Morgan fingerprint density at radius 1 is 1.06 bits per heavy atom. The molecule has 0 spiro atoms. The van der Waals surface area contributed by atoms with Gasteiger partial charge in [-0.2, -0.15) is 4.57 Å². The minimum Gasteiger partial charge on any atom is -0.490 e. The van der Waals surface area contributed by atoms with Gasteiger partial charge in [0.25, 0.3) is 17.3 Å². The summed E-state index contributed by atoms with van der Waals surface area (Å²) in [7, 11) is 1.24. The van der Waals surface area contributed by atoms with E-state index in [9.17, 15) is 40.2 Å². The number of aliphatic hydroxyl groups excluding tert-OH is 1. The standard InChI is InChI=1S/C22H19N5O9/c1-36-20-6-2-5-17(21(20)27(34)35)22(29)23-15(13-28)10-14-4-3-9-24(12-14)18-8-7-16(25(30)31)11-19(18)26(32)33/h2-9,11-12,15,28H,10,13H2,1H3/p+1/t15-/m0/s1. The molecule has 14 nitrogen and oxygen atoms in total. The van der Waals surface area contributed by atoms with Crippen molar-refractivity contribution < 1.29 is 34.0 Å². The van der Waals surface area contributed by atoms with Crippen molar-refractivity contribution in [3.8, 4) is 11.4 Å². The lowest BCUT2D eigenvalue weighted by Crippen LogP contribution is -2.40. The van der Waals surface area contributed by atoms with Crippen molar-refractivity contribution >= 4 is 23.0 Å². The molecular formula is C22H20N5O9+. The van der Waals surface area contributed by atoms with Gasteiger partial charge in [0.15, 0.2) is 18.1 Å². The van der Waals surface area contributed by atoms with Gasteiger partial charge in [0.05, 0.1) is 34.5 Å². The third-order valence-corrected chi connectivity index (χ3v) is 5.19. The molecule has 3 aromatic rings. The largest absolute Gasteiger partial charge is 0.490 e. The van der Waals surface area contributed by atoms with Gasteiger partial charge in [-0.1, -0.05) is 6.07 Å². The van der Waals surface area contributed by atoms with Crippen LogP contribution in [0.2, 0.25) is 0 Å². The normalized spacial score (nSPS) is 11.4. The third kappa shape index (κ3) is 5.56. The molecule has 3 rings (SSSR count). The van der Waals surface area contributed by atoms with E-state index in [4.69, 9.17) is 4.74 Å². The molecule has 1 amide bonds. The monoisotopic (exact) mass is 498 g/mol. The first kappa shape index (κ1) is 25.6. The fraction of sp³-hybridized carbons (Fsp3) is 0.182. The van der Waals surface area contributed by atoms with Gasteiger partial charge < -0.3 is 15.2 Å². The van der Waals surface area contributed by atoms with E-state index in [1.165, 1.54) is 48.3 Å². The summed E-state index contributed by atoms with van der Waals surface area (Å²) in [4.78, 5) is 44.5. The Balaban J connectivity index is 1.87. The Hall–Kier alpha value is -4.98. The summed E-state index contributed by atoms with van der Waals surface area (Å²) in [5, 5.41) is 46.3. The molecule has 1 heterocycles. The average Bonchev–Trinajstić information content (AvgIpc) is 2.87. The van der Waals surface area contributed by atoms with Crippen molar-refractivity contribution in [2.75, 3.05) is 13.7 Å². The maximum Gasteiger partial charge on any atom is 0.347 e. The Labute approximate surface area is 202 Å². The predicted octanol–water partition coefficient (Wildman–Crippen LogP) is 2.03. The molecule has 0 aliphatic heterocycles. The number of rotatable bonds is 10. The summed E-state index contributed by atoms with van der Waals surface area (Å²) in [5.74, 6) is -0.892. The van der Waals surface area contributed by atoms with Crippen molar-refractivity contribution in [1.82, 2.24) is 5.32 Å². The quantitative estimate of drug-likeness (QED) is 0.239. The molecule has 0 fully saturated rings. The average molecular weight is 498 g/mol. The van der Waals surface area contributed by atoms with Crippen LogP contribution in [0.25, 0.3) is 5.69 Å². The molecule has 36 heavy (non-hydrogen) atoms. The van der Waals surface area contributed by atoms with E-state index >= 15 is 0 Å². The number of nitro groups is 3. The highest BCUT2D eigenvalue weighted by molar-refractivity contribution is 5.99. The lowest BCUT2D eigenvalue weighted by atomic mass is 10.1. The zero-order valence-corrected chi connectivity index (χ0v) is 18.8. The lowest BCUT2D eigenvalue weighted by molar-refractivity contribution is -0.601. The number of pyridine rings is 1. The molecule has 0 aliphatic carbocycles. The molecule has 1 atom stereocenters. The second-order valence-electron chi connectivity index (χ2n) is 7.48. The van der Waals surface area contributed by atoms with Gasteiger partial charge in [0.2, 0.25) is 0 Å². The number of carbonyl (C=O) groups is 1. The number of non-ortho nitro benzene ring substituents is 1. The van der Waals surface area contributed by atoms with Gasteiger partial charge in [-0.05, 0) is 18.2 Å². The van der Waals surface area contributed by atoms with E-state index in [-0.39, 0.29) is 23.4 Å². The van der Waals surface area contributed by atoms with E-state index in [1.807, 2.05) is 0 Å². The predicted molar refractivity (Wildman–Crippen MR) is 123 cm³/mol. The number of aromatic nitrogens is 1. The molecule has 0 unspecified atom stereocenters. The van der Waals surface area contributed by atoms with Gasteiger partial charge in [0.1, 0.15) is 11.6 Å². The molecule has 14 heteroatoms. The number of benzene rings is 2. The summed E-state index contributed by atoms with van der Waals surface area (Å²) >= 11 is 0. The Kier molecular flexibility index (Phi) is 7.81. The first-order chi connectivity index (χ1) is 17.2. The summed E-state index contributed by atoms with van der Waals surface area (Å²) in [6, 6.07) is 9.63. The van der Waals surface area contributed by atoms with Gasteiger partial charge in [-0.15, -0.1) is 0 Å². The van der Waals surface area contributed by atoms with Gasteiger partial charge in [-0.25, -0.2) is 0 Å². The van der Waals surface area contributed by atoms with Crippen LogP contribution in [0.4, 0.5) is 17.1 Å². The maximum absolute atomic E-state index is 12.8. The number of aliphatic hydroxyl groups is 1. The number of nitrogens with zero attached hydrogens (tertiary/aromatic N) is 4. The number of hydrogen-bond acceptors (Lipinski definition) is 9. The molecule has 2 N–H and O–H groups in total. The summed E-state index contributed by atoms with van der Waals surface area (Å²) in [5.41, 5.74) is -1.06. The number of hydrogen-bond donors (Lipinski definition) is 2. The number of nitrogens with one attached hydrogen (secondary N) is 1. The first-order valence-corrected chi connectivity index (χ1v) is 10.3. The van der Waals surface area contributed by atoms with E-state index < -0.39 is 50.4 Å². The topological polar surface area (TPSA) is 192 Å². The highest BCUT2D eigenvalue weighted by atomic mass is 16.6. The molecule has 186 valence electrons. The van der Waals surface area contributed by atoms with Crippen LogP contribution in [0.15, 0.2) is 60.9 Å². The van der Waals surface area contributed by atoms with Crippen LogP contribution in [0.3, 0.4) is 0 Å². The number of carbonyl (C=O) groups excluding carboxylic acids is 1. The minimum absolute atomic E-state index is 0.0711. The van der Waals surface area contributed by atoms with Crippen LogP contribution in [0.5, 0.6) is 5.75 Å².